The molecular formula is C11H9NO. The van der Waals surface area contributed by atoms with Gasteiger partial charge in [-0.15, -0.1) is 6.42 Å². The van der Waals surface area contributed by atoms with Gasteiger partial charge in [0.25, 0.3) is 0 Å². The van der Waals surface area contributed by atoms with Crippen LogP contribution in [0.1, 0.15) is 5.56 Å². The fourth-order valence-corrected chi connectivity index (χ4v) is 1.09. The molecule has 1 aromatic carbocycles. The summed E-state index contributed by atoms with van der Waals surface area (Å²) in [7, 11) is 0. The molecule has 0 saturated heterocycles. The van der Waals surface area contributed by atoms with Crippen LogP contribution in [0.5, 0.6) is 5.75 Å². The molecule has 0 amide bonds. The van der Waals surface area contributed by atoms with Crippen molar-refractivity contribution < 1.29 is 4.74 Å². The first-order valence-electron chi connectivity index (χ1n) is 4.10. The average molecular weight is 171 g/mol. The summed E-state index contributed by atoms with van der Waals surface area (Å²) in [5, 5.41) is 0. The van der Waals surface area contributed by atoms with E-state index in [0.29, 0.717) is 6.61 Å². The van der Waals surface area contributed by atoms with Gasteiger partial charge in [-0.25, -0.2) is 0 Å². The minimum absolute atomic E-state index is 0.320. The van der Waals surface area contributed by atoms with Gasteiger partial charge in [0, 0.05) is 0 Å². The van der Waals surface area contributed by atoms with Crippen LogP contribution >= 0.6 is 0 Å². The van der Waals surface area contributed by atoms with E-state index in [1.54, 1.807) is 0 Å². The average Bonchev–Trinajstić information content (AvgIpc) is 2.99. The van der Waals surface area contributed by atoms with Crippen molar-refractivity contribution in [1.29, 1.82) is 0 Å². The van der Waals surface area contributed by atoms with Crippen LogP contribution in [0.15, 0.2) is 29.3 Å². The van der Waals surface area contributed by atoms with Gasteiger partial charge in [0.05, 0.1) is 12.3 Å². The summed E-state index contributed by atoms with van der Waals surface area (Å²) < 4.78 is 5.23. The van der Waals surface area contributed by atoms with Crippen LogP contribution in [-0.2, 0) is 0 Å². The third kappa shape index (κ3) is 1.88. The van der Waals surface area contributed by atoms with Crippen molar-refractivity contribution in [1.82, 2.24) is 0 Å². The molecule has 0 spiro atoms. The molecule has 1 aliphatic heterocycles. The Morgan fingerprint density at radius 2 is 2.08 bits per heavy atom. The zero-order chi connectivity index (χ0) is 9.10. The molecule has 2 nitrogen and oxygen atoms in total. The maximum atomic E-state index is 5.23. The minimum atomic E-state index is 0.320. The van der Waals surface area contributed by atoms with Crippen LogP contribution < -0.4 is 4.74 Å². The van der Waals surface area contributed by atoms with Gasteiger partial charge in [0.2, 0.25) is 0 Å². The molecule has 1 aliphatic rings. The second-order valence-corrected chi connectivity index (χ2v) is 2.78. The molecule has 0 radical (unpaired) electrons. The van der Waals surface area contributed by atoms with Crippen LogP contribution in [0.3, 0.4) is 0 Å². The fourth-order valence-electron chi connectivity index (χ4n) is 1.09. The molecule has 0 N–H and O–H groups in total. The summed E-state index contributed by atoms with van der Waals surface area (Å²) in [6, 6.07) is 7.82. The van der Waals surface area contributed by atoms with Gasteiger partial charge < -0.3 is 4.74 Å². The molecule has 2 heteroatoms. The predicted octanol–water partition coefficient (Wildman–Crippen LogP) is 1.50. The smallest absolute Gasteiger partial charge is 0.148 e. The number of nitrogens with zero attached hydrogens (tertiary/aromatic N) is 1. The second-order valence-electron chi connectivity index (χ2n) is 2.78. The number of hydrogen-bond donors (Lipinski definition) is 0. The lowest BCUT2D eigenvalue weighted by molar-refractivity contribution is 0.370. The lowest BCUT2D eigenvalue weighted by Crippen LogP contribution is -1.94. The summed E-state index contributed by atoms with van der Waals surface area (Å²) in [4.78, 5) is 4.11. The van der Waals surface area contributed by atoms with Crippen molar-refractivity contribution in [3.05, 3.63) is 29.8 Å². The Labute approximate surface area is 77.3 Å². The quantitative estimate of drug-likeness (QED) is 0.631. The zero-order valence-electron chi connectivity index (χ0n) is 7.16. The fraction of sp³-hybridized carbons (Fsp3) is 0.182. The maximum Gasteiger partial charge on any atom is 0.148 e. The summed E-state index contributed by atoms with van der Waals surface area (Å²) in [5.41, 5.74) is 2.34. The lowest BCUT2D eigenvalue weighted by atomic mass is 10.2. The predicted molar refractivity (Wildman–Crippen MR) is 52.2 cm³/mol. The number of terminal acetylenes is 1. The molecule has 0 saturated carbocycles. The number of hydrogen-bond acceptors (Lipinski definition) is 2. The highest BCUT2D eigenvalue weighted by Gasteiger charge is 2.11. The second kappa shape index (κ2) is 3.32. The van der Waals surface area contributed by atoms with Gasteiger partial charge in [-0.05, 0) is 29.8 Å². The Morgan fingerprint density at radius 3 is 2.62 bits per heavy atom. The molecule has 1 aromatic rings. The molecule has 64 valence electrons. The van der Waals surface area contributed by atoms with Crippen molar-refractivity contribution in [2.24, 2.45) is 4.99 Å². The molecule has 2 rings (SSSR count). The maximum absolute atomic E-state index is 5.23. The summed E-state index contributed by atoms with van der Waals surface area (Å²) >= 11 is 0. The highest BCUT2D eigenvalue weighted by molar-refractivity contribution is 6.10. The summed E-state index contributed by atoms with van der Waals surface area (Å²) in [6.45, 7) is 1.20. The Balaban J connectivity index is 2.06. The van der Waals surface area contributed by atoms with Crippen LogP contribution in [0.2, 0.25) is 0 Å². The van der Waals surface area contributed by atoms with Crippen molar-refractivity contribution in [2.75, 3.05) is 13.2 Å². The van der Waals surface area contributed by atoms with Crippen molar-refractivity contribution in [3.63, 3.8) is 0 Å². The van der Waals surface area contributed by atoms with Gasteiger partial charge in [-0.3, -0.25) is 4.99 Å². The molecule has 1 heterocycles. The molecule has 0 atom stereocenters. The molecule has 0 aliphatic carbocycles. The van der Waals surface area contributed by atoms with Gasteiger partial charge in [-0.1, -0.05) is 5.92 Å². The first-order valence-corrected chi connectivity index (χ1v) is 4.10. The van der Waals surface area contributed by atoms with E-state index in [1.165, 1.54) is 11.3 Å². The van der Waals surface area contributed by atoms with E-state index in [9.17, 15) is 0 Å². The monoisotopic (exact) mass is 171 g/mol. The molecule has 13 heavy (non-hydrogen) atoms. The Hall–Kier alpha value is -1.75. The van der Waals surface area contributed by atoms with Crippen molar-refractivity contribution in [3.8, 4) is 18.1 Å². The number of ether oxygens (including phenoxy) is 1. The molecular weight excluding hydrogens is 162 g/mol. The largest absolute Gasteiger partial charge is 0.481 e. The normalized spacial score (nSPS) is 13.0. The van der Waals surface area contributed by atoms with Crippen LogP contribution in [0.25, 0.3) is 0 Å². The van der Waals surface area contributed by atoms with Crippen LogP contribution in [-0.4, -0.2) is 18.9 Å². The Bertz CT molecular complexity index is 370. The van der Waals surface area contributed by atoms with Gasteiger partial charge in [0.1, 0.15) is 12.4 Å². The third-order valence-corrected chi connectivity index (χ3v) is 1.83. The first kappa shape index (κ1) is 7.88. The lowest BCUT2D eigenvalue weighted by Gasteiger charge is -2.01. The van der Waals surface area contributed by atoms with E-state index in [-0.39, 0.29) is 0 Å². The van der Waals surface area contributed by atoms with Crippen LogP contribution in [0.4, 0.5) is 0 Å². The van der Waals surface area contributed by atoms with Crippen LogP contribution in [0, 0.1) is 12.3 Å². The minimum Gasteiger partial charge on any atom is -0.481 e. The first-order chi connectivity index (χ1) is 6.40. The van der Waals surface area contributed by atoms with E-state index in [0.717, 1.165) is 12.3 Å². The Kier molecular flexibility index (Phi) is 2.01. The summed E-state index contributed by atoms with van der Waals surface area (Å²) in [5.74, 6) is 3.23. The third-order valence-electron chi connectivity index (χ3n) is 1.83. The van der Waals surface area contributed by atoms with Gasteiger partial charge >= 0.3 is 0 Å². The molecule has 0 fully saturated rings. The molecule has 0 aromatic heterocycles. The van der Waals surface area contributed by atoms with E-state index < -0.39 is 0 Å². The van der Waals surface area contributed by atoms with Gasteiger partial charge in [-0.2, -0.15) is 0 Å². The summed E-state index contributed by atoms with van der Waals surface area (Å²) in [6.07, 6.45) is 5.07. The highest BCUT2D eigenvalue weighted by atomic mass is 16.5. The van der Waals surface area contributed by atoms with E-state index >= 15 is 0 Å². The standard InChI is InChI=1S/C11H9NO/c1-2-7-13-10-5-3-9(4-6-10)11-8-12-11/h1,3-6H,7-8H2. The van der Waals surface area contributed by atoms with E-state index in [1.807, 2.05) is 24.3 Å². The Morgan fingerprint density at radius 1 is 1.38 bits per heavy atom. The van der Waals surface area contributed by atoms with Crippen molar-refractivity contribution >= 4 is 5.71 Å². The van der Waals surface area contributed by atoms with Gasteiger partial charge in [0.15, 0.2) is 0 Å². The topological polar surface area (TPSA) is 21.6 Å². The van der Waals surface area contributed by atoms with Crippen molar-refractivity contribution in [2.45, 2.75) is 0 Å². The number of benzene rings is 1. The SMILES string of the molecule is C#CCOc1ccc(C2=NC2)cc1. The zero-order valence-corrected chi connectivity index (χ0v) is 7.16. The highest BCUT2D eigenvalue weighted by Crippen LogP contribution is 2.16. The number of rotatable bonds is 3. The molecule has 0 unspecified atom stereocenters. The van der Waals surface area contributed by atoms with E-state index in [4.69, 9.17) is 11.2 Å². The number of aliphatic imine (C=N–C) groups is 1. The molecule has 0 bridgehead atoms. The van der Waals surface area contributed by atoms with E-state index in [2.05, 4.69) is 10.9 Å².